The van der Waals surface area contributed by atoms with Crippen LogP contribution in [-0.4, -0.2) is 37.5 Å². The van der Waals surface area contributed by atoms with Crippen LogP contribution in [0.5, 0.6) is 11.5 Å². The van der Waals surface area contributed by atoms with Crippen molar-refractivity contribution in [2.75, 3.05) is 26.3 Å². The molecule has 0 radical (unpaired) electrons. The maximum atomic E-state index is 10.5. The topological polar surface area (TPSA) is 43.1 Å². The zero-order valence-corrected chi connectivity index (χ0v) is 14.5. The van der Waals surface area contributed by atoms with Gasteiger partial charge in [-0.3, -0.25) is 0 Å². The highest BCUT2D eigenvalue weighted by Gasteiger charge is 2.41. The van der Waals surface area contributed by atoms with Crippen molar-refractivity contribution in [1.29, 1.82) is 0 Å². The fraction of sp³-hybridized carbons (Fsp3) is 0.556. The molecule has 2 N–H and O–H groups in total. The van der Waals surface area contributed by atoms with Gasteiger partial charge in [0.25, 0.3) is 0 Å². The van der Waals surface area contributed by atoms with Gasteiger partial charge in [-0.15, -0.1) is 0 Å². The molecule has 0 saturated carbocycles. The van der Waals surface area contributed by atoms with Gasteiger partial charge < -0.3 is 19.5 Å². The van der Waals surface area contributed by atoms with Crippen LogP contribution in [0.2, 0.25) is 5.02 Å². The molecule has 1 aromatic rings. The lowest BCUT2D eigenvalue weighted by Gasteiger charge is -2.41. The highest BCUT2D eigenvalue weighted by Crippen LogP contribution is 2.37. The maximum Gasteiger partial charge on any atom is 0.179 e. The zero-order chi connectivity index (χ0) is 16.4. The van der Waals surface area contributed by atoms with E-state index in [4.69, 9.17) is 21.1 Å². The van der Waals surface area contributed by atoms with Crippen molar-refractivity contribution in [3.05, 3.63) is 28.4 Å². The average molecular weight is 339 g/mol. The standard InChI is InChI=1S/C18H24ClNO3/c1-3-22-16-11-12(9-14(19)18(16)23-4-2)10-15-17(21)13-5-7-20(15)8-6-13/h9-11,13,17,21H,3-8H2,1-2H3/p+1/b15-10+/t17-/m0/s1. The lowest BCUT2D eigenvalue weighted by Crippen LogP contribution is -3.14. The lowest BCUT2D eigenvalue weighted by atomic mass is 9.83. The molecule has 3 aliphatic heterocycles. The van der Waals surface area contributed by atoms with Gasteiger partial charge >= 0.3 is 0 Å². The number of quaternary nitrogens is 1. The van der Waals surface area contributed by atoms with Gasteiger partial charge in [-0.05, 0) is 31.5 Å². The number of nitrogens with one attached hydrogen (secondary N) is 1. The third-order valence-electron chi connectivity index (χ3n) is 4.75. The minimum Gasteiger partial charge on any atom is -0.490 e. The molecule has 0 spiro atoms. The number of aliphatic hydroxyl groups is 1. The molecule has 3 aliphatic rings. The van der Waals surface area contributed by atoms with Gasteiger partial charge in [-0.2, -0.15) is 0 Å². The van der Waals surface area contributed by atoms with E-state index in [0.29, 0.717) is 35.7 Å². The van der Waals surface area contributed by atoms with Gasteiger partial charge in [0.1, 0.15) is 11.8 Å². The van der Waals surface area contributed by atoms with E-state index < -0.39 is 0 Å². The third-order valence-corrected chi connectivity index (χ3v) is 5.03. The summed E-state index contributed by atoms with van der Waals surface area (Å²) in [5.41, 5.74) is 2.03. The van der Waals surface area contributed by atoms with Gasteiger partial charge in [0, 0.05) is 24.8 Å². The van der Waals surface area contributed by atoms with E-state index in [1.54, 1.807) is 0 Å². The van der Waals surface area contributed by atoms with E-state index in [1.807, 2.05) is 26.0 Å². The second kappa shape index (κ2) is 7.12. The Morgan fingerprint density at radius 1 is 1.22 bits per heavy atom. The Morgan fingerprint density at radius 2 is 1.91 bits per heavy atom. The second-order valence-electron chi connectivity index (χ2n) is 6.18. The predicted molar refractivity (Wildman–Crippen MR) is 91.2 cm³/mol. The third kappa shape index (κ3) is 3.35. The summed E-state index contributed by atoms with van der Waals surface area (Å²) >= 11 is 6.38. The van der Waals surface area contributed by atoms with Crippen molar-refractivity contribution in [1.82, 2.24) is 0 Å². The van der Waals surface area contributed by atoms with Crippen molar-refractivity contribution in [3.8, 4) is 11.5 Å². The van der Waals surface area contributed by atoms with Crippen LogP contribution < -0.4 is 14.4 Å². The van der Waals surface area contributed by atoms with Gasteiger partial charge in [0.2, 0.25) is 0 Å². The quantitative estimate of drug-likeness (QED) is 0.864. The molecule has 0 amide bonds. The Balaban J connectivity index is 1.95. The molecule has 23 heavy (non-hydrogen) atoms. The largest absolute Gasteiger partial charge is 0.490 e. The number of halogens is 1. The zero-order valence-electron chi connectivity index (χ0n) is 13.8. The molecule has 4 rings (SSSR count). The summed E-state index contributed by atoms with van der Waals surface area (Å²) in [6.07, 6.45) is 3.95. The summed E-state index contributed by atoms with van der Waals surface area (Å²) in [7, 11) is 0. The van der Waals surface area contributed by atoms with Crippen molar-refractivity contribution in [3.63, 3.8) is 0 Å². The molecule has 0 aromatic heterocycles. The number of piperidine rings is 3. The highest BCUT2D eigenvalue weighted by molar-refractivity contribution is 6.32. The Bertz CT molecular complexity index is 590. The number of ether oxygens (including phenoxy) is 2. The monoisotopic (exact) mass is 338 g/mol. The molecule has 1 atom stereocenters. The first kappa shape index (κ1) is 16.6. The van der Waals surface area contributed by atoms with Crippen LogP contribution in [0.15, 0.2) is 17.8 Å². The Morgan fingerprint density at radius 3 is 2.52 bits per heavy atom. The molecule has 0 aliphatic carbocycles. The van der Waals surface area contributed by atoms with Crippen molar-refractivity contribution in [2.45, 2.75) is 32.8 Å². The van der Waals surface area contributed by atoms with Gasteiger partial charge in [0.05, 0.1) is 31.3 Å². The normalized spacial score (nSPS) is 28.2. The highest BCUT2D eigenvalue weighted by atomic mass is 35.5. The van der Waals surface area contributed by atoms with Crippen LogP contribution in [0, 0.1) is 5.92 Å². The first-order chi connectivity index (χ1) is 11.1. The van der Waals surface area contributed by atoms with Crippen molar-refractivity contribution in [2.24, 2.45) is 5.92 Å². The van der Waals surface area contributed by atoms with Gasteiger partial charge in [-0.1, -0.05) is 11.6 Å². The molecule has 1 aromatic carbocycles. The molecule has 126 valence electrons. The summed E-state index contributed by atoms with van der Waals surface area (Å²) < 4.78 is 11.3. The van der Waals surface area contributed by atoms with E-state index >= 15 is 0 Å². The average Bonchev–Trinajstić information content (AvgIpc) is 2.55. The first-order valence-electron chi connectivity index (χ1n) is 8.47. The minimum atomic E-state index is -0.339. The summed E-state index contributed by atoms with van der Waals surface area (Å²) in [4.78, 5) is 1.39. The SMILES string of the molecule is CCOc1cc(/C=C2\[C@@H](O)C3CC[NH+]2CC3)cc(Cl)c1OCC. The number of aliphatic hydroxyl groups excluding tert-OH is 1. The fourth-order valence-electron chi connectivity index (χ4n) is 3.64. The molecule has 3 heterocycles. The Hall–Kier alpha value is -1.23. The van der Waals surface area contributed by atoms with Crippen LogP contribution in [0.4, 0.5) is 0 Å². The summed E-state index contributed by atoms with van der Waals surface area (Å²) in [6, 6.07) is 3.83. The van der Waals surface area contributed by atoms with Crippen molar-refractivity contribution < 1.29 is 19.5 Å². The molecular formula is C18H25ClNO3+. The number of hydrogen-bond acceptors (Lipinski definition) is 3. The van der Waals surface area contributed by atoms with E-state index in [9.17, 15) is 5.11 Å². The molecule has 0 unspecified atom stereocenters. The molecular weight excluding hydrogens is 314 g/mol. The molecule has 4 nitrogen and oxygen atoms in total. The summed E-state index contributed by atoms with van der Waals surface area (Å²) in [5.74, 6) is 1.66. The minimum absolute atomic E-state index is 0.339. The molecule has 3 saturated heterocycles. The van der Waals surface area contributed by atoms with E-state index in [2.05, 4.69) is 6.08 Å². The van der Waals surface area contributed by atoms with Crippen molar-refractivity contribution >= 4 is 17.7 Å². The van der Waals surface area contributed by atoms with Crippen LogP contribution in [-0.2, 0) is 0 Å². The number of rotatable bonds is 5. The first-order valence-corrected chi connectivity index (χ1v) is 8.85. The van der Waals surface area contributed by atoms with Crippen LogP contribution in [0.1, 0.15) is 32.3 Å². The van der Waals surface area contributed by atoms with E-state index in [-0.39, 0.29) is 6.10 Å². The number of benzene rings is 1. The number of hydrogen-bond donors (Lipinski definition) is 2. The predicted octanol–water partition coefficient (Wildman–Crippen LogP) is 2.15. The van der Waals surface area contributed by atoms with Gasteiger partial charge in [0.15, 0.2) is 11.5 Å². The van der Waals surface area contributed by atoms with Gasteiger partial charge in [-0.25, -0.2) is 0 Å². The Kier molecular flexibility index (Phi) is 5.14. The van der Waals surface area contributed by atoms with Crippen LogP contribution >= 0.6 is 11.6 Å². The molecule has 3 fully saturated rings. The maximum absolute atomic E-state index is 10.5. The molecule has 2 bridgehead atoms. The van der Waals surface area contributed by atoms with E-state index in [0.717, 1.165) is 37.2 Å². The second-order valence-corrected chi connectivity index (χ2v) is 6.59. The Labute approximate surface area is 142 Å². The number of fused-ring (bicyclic) bond motifs is 3. The summed E-state index contributed by atoms with van der Waals surface area (Å²) in [5, 5.41) is 11.1. The fourth-order valence-corrected chi connectivity index (χ4v) is 3.92. The smallest absolute Gasteiger partial charge is 0.179 e. The van der Waals surface area contributed by atoms with Crippen LogP contribution in [0.3, 0.4) is 0 Å². The van der Waals surface area contributed by atoms with E-state index in [1.165, 1.54) is 4.90 Å². The molecule has 5 heteroatoms. The van der Waals surface area contributed by atoms with Crippen LogP contribution in [0.25, 0.3) is 6.08 Å². The summed E-state index contributed by atoms with van der Waals surface area (Å²) in [6.45, 7) is 7.17. The lowest BCUT2D eigenvalue weighted by molar-refractivity contribution is -0.880.